The maximum atomic E-state index is 12.3. The summed E-state index contributed by atoms with van der Waals surface area (Å²) in [4.78, 5) is 17.0. The van der Waals surface area contributed by atoms with Crippen LogP contribution in [0.5, 0.6) is 0 Å². The summed E-state index contributed by atoms with van der Waals surface area (Å²) in [6.07, 6.45) is 8.23. The number of hydrogen-bond donors (Lipinski definition) is 1. The average Bonchev–Trinajstić information content (AvgIpc) is 3.12. The van der Waals surface area contributed by atoms with Gasteiger partial charge in [-0.3, -0.25) is 4.79 Å². The summed E-state index contributed by atoms with van der Waals surface area (Å²) in [5.74, 6) is 0.374. The molecule has 0 aromatic heterocycles. The molecule has 0 aromatic rings. The number of nitrogens with zero attached hydrogens (tertiary/aromatic N) is 2. The van der Waals surface area contributed by atoms with E-state index in [-0.39, 0.29) is 0 Å². The first kappa shape index (κ1) is 13.4. The highest BCUT2D eigenvalue weighted by Crippen LogP contribution is 2.22. The van der Waals surface area contributed by atoms with Crippen molar-refractivity contribution in [1.82, 2.24) is 15.1 Å². The third-order valence-electron chi connectivity index (χ3n) is 5.06. The smallest absolute Gasteiger partial charge is 0.224 e. The molecule has 3 aliphatic rings. The molecule has 108 valence electrons. The molecule has 4 nitrogen and oxygen atoms in total. The second-order valence-electron chi connectivity index (χ2n) is 6.35. The molecule has 3 rings (SSSR count). The minimum atomic E-state index is 0.374. The van der Waals surface area contributed by atoms with Crippen LogP contribution >= 0.6 is 0 Å². The zero-order valence-corrected chi connectivity index (χ0v) is 11.9. The number of amides is 1. The Kier molecular flexibility index (Phi) is 4.38. The fourth-order valence-corrected chi connectivity index (χ4v) is 3.86. The van der Waals surface area contributed by atoms with Crippen molar-refractivity contribution in [2.75, 3.05) is 32.7 Å². The molecule has 3 aliphatic heterocycles. The van der Waals surface area contributed by atoms with E-state index in [2.05, 4.69) is 15.1 Å². The van der Waals surface area contributed by atoms with Gasteiger partial charge in [-0.25, -0.2) is 0 Å². The topological polar surface area (TPSA) is 35.6 Å². The zero-order chi connectivity index (χ0) is 13.1. The van der Waals surface area contributed by atoms with Crippen molar-refractivity contribution in [3.8, 4) is 0 Å². The van der Waals surface area contributed by atoms with Crippen LogP contribution in [0, 0.1) is 0 Å². The van der Waals surface area contributed by atoms with Gasteiger partial charge < -0.3 is 15.1 Å². The highest BCUT2D eigenvalue weighted by atomic mass is 16.2. The first-order valence-corrected chi connectivity index (χ1v) is 8.08. The van der Waals surface area contributed by atoms with Gasteiger partial charge in [0.25, 0.3) is 0 Å². The summed E-state index contributed by atoms with van der Waals surface area (Å²) in [5, 5.41) is 3.42. The van der Waals surface area contributed by atoms with Crippen molar-refractivity contribution in [2.45, 2.75) is 57.0 Å². The fourth-order valence-electron chi connectivity index (χ4n) is 3.86. The number of rotatable bonds is 3. The van der Waals surface area contributed by atoms with E-state index >= 15 is 0 Å². The standard InChI is InChI=1S/C15H27N3O/c19-15(12-13-4-3-7-16-13)18-10-5-14(6-11-18)17-8-1-2-9-17/h13-14,16H,1-12H2. The molecule has 0 aliphatic carbocycles. The predicted molar refractivity (Wildman–Crippen MR) is 76.1 cm³/mol. The lowest BCUT2D eigenvalue weighted by Crippen LogP contribution is -2.46. The molecule has 0 bridgehead atoms. The molecule has 1 N–H and O–H groups in total. The molecule has 0 radical (unpaired) electrons. The number of likely N-dealkylation sites (tertiary alicyclic amines) is 2. The lowest BCUT2D eigenvalue weighted by atomic mass is 10.0. The normalized spacial score (nSPS) is 30.1. The SMILES string of the molecule is O=C(CC1CCCN1)N1CCC(N2CCCC2)CC1. The van der Waals surface area contributed by atoms with Crippen LogP contribution in [0.3, 0.4) is 0 Å². The molecule has 0 saturated carbocycles. The third kappa shape index (κ3) is 3.29. The van der Waals surface area contributed by atoms with Gasteiger partial charge in [0.2, 0.25) is 5.91 Å². The quantitative estimate of drug-likeness (QED) is 0.833. The summed E-state index contributed by atoms with van der Waals surface area (Å²) in [6.45, 7) is 5.61. The Morgan fingerprint density at radius 3 is 2.37 bits per heavy atom. The Labute approximate surface area is 116 Å². The first-order valence-electron chi connectivity index (χ1n) is 8.08. The largest absolute Gasteiger partial charge is 0.343 e. The number of nitrogens with one attached hydrogen (secondary N) is 1. The van der Waals surface area contributed by atoms with Crippen LogP contribution in [-0.2, 0) is 4.79 Å². The van der Waals surface area contributed by atoms with Crippen molar-refractivity contribution in [3.63, 3.8) is 0 Å². The van der Waals surface area contributed by atoms with Gasteiger partial charge in [-0.2, -0.15) is 0 Å². The molecule has 4 heteroatoms. The van der Waals surface area contributed by atoms with Crippen molar-refractivity contribution >= 4 is 5.91 Å². The number of carbonyl (C=O) groups excluding carboxylic acids is 1. The number of hydrogen-bond acceptors (Lipinski definition) is 3. The van der Waals surface area contributed by atoms with E-state index in [1.54, 1.807) is 0 Å². The van der Waals surface area contributed by atoms with Crippen LogP contribution in [0.25, 0.3) is 0 Å². The van der Waals surface area contributed by atoms with E-state index in [0.717, 1.165) is 25.7 Å². The summed E-state index contributed by atoms with van der Waals surface area (Å²) in [6, 6.07) is 1.19. The van der Waals surface area contributed by atoms with Gasteiger partial charge in [-0.1, -0.05) is 0 Å². The van der Waals surface area contributed by atoms with Crippen molar-refractivity contribution in [1.29, 1.82) is 0 Å². The molecule has 1 unspecified atom stereocenters. The monoisotopic (exact) mass is 265 g/mol. The summed E-state index contributed by atoms with van der Waals surface area (Å²) >= 11 is 0. The molecule has 3 fully saturated rings. The van der Waals surface area contributed by atoms with E-state index in [1.165, 1.54) is 51.6 Å². The van der Waals surface area contributed by atoms with Crippen LogP contribution in [0.1, 0.15) is 44.9 Å². The summed E-state index contributed by atoms with van der Waals surface area (Å²) in [7, 11) is 0. The highest BCUT2D eigenvalue weighted by Gasteiger charge is 2.29. The highest BCUT2D eigenvalue weighted by molar-refractivity contribution is 5.77. The van der Waals surface area contributed by atoms with Gasteiger partial charge in [0, 0.05) is 31.6 Å². The third-order valence-corrected chi connectivity index (χ3v) is 5.06. The first-order chi connectivity index (χ1) is 9.33. The minimum absolute atomic E-state index is 0.374. The lowest BCUT2D eigenvalue weighted by Gasteiger charge is -2.37. The molecule has 3 saturated heterocycles. The van der Waals surface area contributed by atoms with Gasteiger partial charge in [-0.15, -0.1) is 0 Å². The Hall–Kier alpha value is -0.610. The lowest BCUT2D eigenvalue weighted by molar-refractivity contribution is -0.133. The van der Waals surface area contributed by atoms with Gasteiger partial charge in [0.05, 0.1) is 0 Å². The van der Waals surface area contributed by atoms with Crippen molar-refractivity contribution in [2.24, 2.45) is 0 Å². The van der Waals surface area contributed by atoms with E-state index < -0.39 is 0 Å². The maximum absolute atomic E-state index is 12.3. The van der Waals surface area contributed by atoms with Crippen LogP contribution in [0.4, 0.5) is 0 Å². The van der Waals surface area contributed by atoms with E-state index in [0.29, 0.717) is 18.4 Å². The van der Waals surface area contributed by atoms with Gasteiger partial charge >= 0.3 is 0 Å². The Morgan fingerprint density at radius 2 is 1.74 bits per heavy atom. The van der Waals surface area contributed by atoms with Crippen LogP contribution < -0.4 is 5.32 Å². The second kappa shape index (κ2) is 6.23. The summed E-state index contributed by atoms with van der Waals surface area (Å²) in [5.41, 5.74) is 0. The molecule has 3 heterocycles. The molecule has 19 heavy (non-hydrogen) atoms. The molecule has 0 aromatic carbocycles. The van der Waals surface area contributed by atoms with Crippen LogP contribution in [-0.4, -0.2) is 60.5 Å². The molecule has 0 spiro atoms. The van der Waals surface area contributed by atoms with Crippen molar-refractivity contribution < 1.29 is 4.79 Å². The Balaban J connectivity index is 1.42. The van der Waals surface area contributed by atoms with Gasteiger partial charge in [-0.05, 0) is 58.2 Å². The average molecular weight is 265 g/mol. The number of carbonyl (C=O) groups is 1. The second-order valence-corrected chi connectivity index (χ2v) is 6.35. The van der Waals surface area contributed by atoms with Crippen molar-refractivity contribution in [3.05, 3.63) is 0 Å². The van der Waals surface area contributed by atoms with Crippen LogP contribution in [0.15, 0.2) is 0 Å². The Bertz CT molecular complexity index is 301. The molecular weight excluding hydrogens is 238 g/mol. The number of piperidine rings is 1. The molecular formula is C15H27N3O. The van der Waals surface area contributed by atoms with Crippen LogP contribution in [0.2, 0.25) is 0 Å². The fraction of sp³-hybridized carbons (Fsp3) is 0.933. The molecule has 1 atom stereocenters. The predicted octanol–water partition coefficient (Wildman–Crippen LogP) is 1.22. The van der Waals surface area contributed by atoms with E-state index in [1.807, 2.05) is 0 Å². The Morgan fingerprint density at radius 1 is 1.00 bits per heavy atom. The zero-order valence-electron chi connectivity index (χ0n) is 11.9. The summed E-state index contributed by atoms with van der Waals surface area (Å²) < 4.78 is 0. The maximum Gasteiger partial charge on any atom is 0.224 e. The van der Waals surface area contributed by atoms with E-state index in [4.69, 9.17) is 0 Å². The van der Waals surface area contributed by atoms with Gasteiger partial charge in [0.15, 0.2) is 0 Å². The van der Waals surface area contributed by atoms with E-state index in [9.17, 15) is 4.79 Å². The van der Waals surface area contributed by atoms with Gasteiger partial charge in [0.1, 0.15) is 0 Å². The minimum Gasteiger partial charge on any atom is -0.343 e. The molecule has 1 amide bonds.